The number of nitrogens with zero attached hydrogens (tertiary/aromatic N) is 3. The zero-order chi connectivity index (χ0) is 20.5. The van der Waals surface area contributed by atoms with E-state index in [1.54, 1.807) is 6.33 Å². The van der Waals surface area contributed by atoms with Crippen LogP contribution in [-0.4, -0.2) is 9.97 Å². The van der Waals surface area contributed by atoms with Crippen LogP contribution in [0.4, 0.5) is 5.82 Å². The van der Waals surface area contributed by atoms with Crippen molar-refractivity contribution in [2.75, 3.05) is 5.43 Å². The minimum atomic E-state index is 0.667. The number of rotatable bonds is 3. The molecule has 5 nitrogen and oxygen atoms in total. The molecule has 0 spiro atoms. The van der Waals surface area contributed by atoms with Gasteiger partial charge in [-0.25, -0.2) is 9.97 Å². The molecule has 1 N–H and O–H groups in total. The molecule has 30 heavy (non-hydrogen) atoms. The number of benzene rings is 3. The van der Waals surface area contributed by atoms with Crippen molar-refractivity contribution in [3.05, 3.63) is 95.6 Å². The summed E-state index contributed by atoms with van der Waals surface area (Å²) in [7, 11) is 0. The van der Waals surface area contributed by atoms with Crippen LogP contribution in [0.1, 0.15) is 11.1 Å². The summed E-state index contributed by atoms with van der Waals surface area (Å²) in [6.07, 6.45) is 1.54. The predicted molar refractivity (Wildman–Crippen MR) is 120 cm³/mol. The quantitative estimate of drug-likeness (QED) is 0.407. The van der Waals surface area contributed by atoms with Crippen LogP contribution in [0.2, 0.25) is 0 Å². The fourth-order valence-corrected chi connectivity index (χ4v) is 3.67. The molecule has 0 aliphatic heterocycles. The second kappa shape index (κ2) is 7.44. The Morgan fingerprint density at radius 2 is 1.63 bits per heavy atom. The lowest BCUT2D eigenvalue weighted by Gasteiger charge is -2.09. The molecule has 0 aliphatic carbocycles. The first-order chi connectivity index (χ1) is 14.7. The molecule has 5 aromatic rings. The molecule has 0 atom stereocenters. The standard InChI is InChI=1S/C25H20N4O/c1-16-12-17(2)24-20(13-16)22(14-23(30-24)18-8-4-3-5-9-18)28-29-25-19-10-6-7-11-21(19)26-15-27-25/h3-15H,1-2H3,(H,26,27,29)/b28-22+. The van der Waals surface area contributed by atoms with Gasteiger partial charge in [0.25, 0.3) is 0 Å². The van der Waals surface area contributed by atoms with Gasteiger partial charge >= 0.3 is 0 Å². The van der Waals surface area contributed by atoms with Crippen molar-refractivity contribution in [1.82, 2.24) is 9.97 Å². The fourth-order valence-electron chi connectivity index (χ4n) is 3.67. The van der Waals surface area contributed by atoms with Crippen LogP contribution in [0.25, 0.3) is 33.2 Å². The van der Waals surface area contributed by atoms with Crippen LogP contribution in [0.15, 0.2) is 88.6 Å². The first-order valence-electron chi connectivity index (χ1n) is 9.79. The highest BCUT2D eigenvalue weighted by Crippen LogP contribution is 2.25. The fraction of sp³-hybridized carbons (Fsp3) is 0.0800. The number of hydrogen-bond donors (Lipinski definition) is 1. The number of nitrogens with one attached hydrogen (secondary N) is 1. The third kappa shape index (κ3) is 3.31. The Kier molecular flexibility index (Phi) is 4.48. The Bertz CT molecular complexity index is 1430. The summed E-state index contributed by atoms with van der Waals surface area (Å²) in [5, 5.41) is 7.40. The molecule has 0 unspecified atom stereocenters. The van der Waals surface area contributed by atoms with Gasteiger partial charge in [-0.2, -0.15) is 5.10 Å². The van der Waals surface area contributed by atoms with E-state index in [0.29, 0.717) is 5.82 Å². The average molecular weight is 392 g/mol. The molecule has 0 bridgehead atoms. The molecule has 0 fully saturated rings. The van der Waals surface area contributed by atoms with E-state index in [1.807, 2.05) is 60.7 Å². The number of aromatic nitrogens is 2. The molecule has 2 heterocycles. The zero-order valence-corrected chi connectivity index (χ0v) is 16.8. The largest absolute Gasteiger partial charge is 0.456 e. The Morgan fingerprint density at radius 1 is 0.833 bits per heavy atom. The third-order valence-electron chi connectivity index (χ3n) is 5.06. The minimum Gasteiger partial charge on any atom is -0.456 e. The number of anilines is 1. The van der Waals surface area contributed by atoms with Crippen LogP contribution in [-0.2, 0) is 0 Å². The van der Waals surface area contributed by atoms with Gasteiger partial charge in [0.2, 0.25) is 0 Å². The van der Waals surface area contributed by atoms with Gasteiger partial charge in [0.15, 0.2) is 5.82 Å². The molecular weight excluding hydrogens is 372 g/mol. The topological polar surface area (TPSA) is 63.3 Å². The van der Waals surface area contributed by atoms with Crippen molar-refractivity contribution in [3.8, 4) is 11.3 Å². The molecule has 0 radical (unpaired) electrons. The number of aryl methyl sites for hydroxylation is 2. The summed E-state index contributed by atoms with van der Waals surface area (Å²) in [5.41, 5.74) is 8.08. The maximum absolute atomic E-state index is 6.28. The highest BCUT2D eigenvalue weighted by atomic mass is 16.3. The average Bonchev–Trinajstić information content (AvgIpc) is 2.78. The van der Waals surface area contributed by atoms with E-state index in [4.69, 9.17) is 9.52 Å². The van der Waals surface area contributed by atoms with Crippen LogP contribution in [0.3, 0.4) is 0 Å². The van der Waals surface area contributed by atoms with E-state index in [-0.39, 0.29) is 0 Å². The van der Waals surface area contributed by atoms with Gasteiger partial charge in [-0.3, -0.25) is 5.43 Å². The molecule has 2 aromatic heterocycles. The van der Waals surface area contributed by atoms with Crippen molar-refractivity contribution in [2.24, 2.45) is 5.10 Å². The number of para-hydroxylation sites is 1. The van der Waals surface area contributed by atoms with Crippen molar-refractivity contribution < 1.29 is 4.42 Å². The maximum Gasteiger partial charge on any atom is 0.157 e. The van der Waals surface area contributed by atoms with Crippen LogP contribution in [0.5, 0.6) is 0 Å². The summed E-state index contributed by atoms with van der Waals surface area (Å²) >= 11 is 0. The zero-order valence-electron chi connectivity index (χ0n) is 16.8. The van der Waals surface area contributed by atoms with Crippen molar-refractivity contribution >= 4 is 27.7 Å². The lowest BCUT2D eigenvalue weighted by atomic mass is 10.1. The predicted octanol–water partition coefficient (Wildman–Crippen LogP) is 5.59. The Balaban J connectivity index is 1.72. The normalized spacial score (nSPS) is 11.9. The molecule has 0 aliphatic rings. The Labute approximate surface area is 173 Å². The van der Waals surface area contributed by atoms with Gasteiger partial charge in [0.1, 0.15) is 17.7 Å². The van der Waals surface area contributed by atoms with Crippen molar-refractivity contribution in [2.45, 2.75) is 13.8 Å². The summed E-state index contributed by atoms with van der Waals surface area (Å²) in [4.78, 5) is 8.69. The molecule has 0 saturated heterocycles. The van der Waals surface area contributed by atoms with E-state index in [9.17, 15) is 0 Å². The van der Waals surface area contributed by atoms with Gasteiger partial charge in [-0.05, 0) is 43.2 Å². The van der Waals surface area contributed by atoms with E-state index in [0.717, 1.165) is 49.7 Å². The number of fused-ring (bicyclic) bond motifs is 2. The summed E-state index contributed by atoms with van der Waals surface area (Å²) in [5.74, 6) is 1.43. The van der Waals surface area contributed by atoms with Gasteiger partial charge < -0.3 is 4.42 Å². The third-order valence-corrected chi connectivity index (χ3v) is 5.06. The molecule has 0 amide bonds. The maximum atomic E-state index is 6.28. The highest BCUT2D eigenvalue weighted by Gasteiger charge is 2.09. The molecule has 3 aromatic carbocycles. The van der Waals surface area contributed by atoms with E-state index < -0.39 is 0 Å². The van der Waals surface area contributed by atoms with Gasteiger partial charge in [0, 0.05) is 22.4 Å². The monoisotopic (exact) mass is 392 g/mol. The second-order valence-corrected chi connectivity index (χ2v) is 7.28. The van der Waals surface area contributed by atoms with Gasteiger partial charge in [-0.15, -0.1) is 0 Å². The minimum absolute atomic E-state index is 0.667. The van der Waals surface area contributed by atoms with Crippen molar-refractivity contribution in [1.29, 1.82) is 0 Å². The summed E-state index contributed by atoms with van der Waals surface area (Å²) < 4.78 is 6.28. The first-order valence-corrected chi connectivity index (χ1v) is 9.79. The number of hydrogen-bond acceptors (Lipinski definition) is 5. The summed E-state index contributed by atoms with van der Waals surface area (Å²) in [6, 6.07) is 24.1. The SMILES string of the molecule is Cc1cc(C)c2oc(-c3ccccc3)c/c(=N\Nc3ncnc4ccccc34)c2c1. The first kappa shape index (κ1) is 18.1. The van der Waals surface area contributed by atoms with Crippen LogP contribution >= 0.6 is 0 Å². The molecule has 5 heteroatoms. The highest BCUT2D eigenvalue weighted by molar-refractivity contribution is 5.88. The smallest absolute Gasteiger partial charge is 0.157 e. The van der Waals surface area contributed by atoms with E-state index in [1.165, 1.54) is 0 Å². The Morgan fingerprint density at radius 3 is 2.50 bits per heavy atom. The second-order valence-electron chi connectivity index (χ2n) is 7.28. The Hall–Kier alpha value is -3.99. The lowest BCUT2D eigenvalue weighted by Crippen LogP contribution is -2.09. The van der Waals surface area contributed by atoms with Crippen LogP contribution < -0.4 is 10.8 Å². The molecular formula is C25H20N4O. The molecule has 5 rings (SSSR count). The lowest BCUT2D eigenvalue weighted by molar-refractivity contribution is 0.615. The van der Waals surface area contributed by atoms with Gasteiger partial charge in [-0.1, -0.05) is 48.5 Å². The van der Waals surface area contributed by atoms with Crippen LogP contribution in [0, 0.1) is 13.8 Å². The molecule has 146 valence electrons. The summed E-state index contributed by atoms with van der Waals surface area (Å²) in [6.45, 7) is 4.13. The molecule has 0 saturated carbocycles. The van der Waals surface area contributed by atoms with E-state index in [2.05, 4.69) is 41.4 Å². The van der Waals surface area contributed by atoms with E-state index >= 15 is 0 Å². The van der Waals surface area contributed by atoms with Gasteiger partial charge in [0.05, 0.1) is 10.9 Å². The van der Waals surface area contributed by atoms with Crippen molar-refractivity contribution in [3.63, 3.8) is 0 Å².